The smallest absolute Gasteiger partial charge is 0.227 e. The third kappa shape index (κ3) is 3.51. The summed E-state index contributed by atoms with van der Waals surface area (Å²) in [6, 6.07) is 8.77. The van der Waals surface area contributed by atoms with Gasteiger partial charge in [0.15, 0.2) is 0 Å². The molecule has 1 saturated carbocycles. The molecule has 3 rings (SSSR count). The van der Waals surface area contributed by atoms with Crippen LogP contribution in [0.5, 0.6) is 0 Å². The van der Waals surface area contributed by atoms with E-state index in [9.17, 15) is 4.79 Å². The Hall–Kier alpha value is -1.78. The van der Waals surface area contributed by atoms with Gasteiger partial charge in [-0.3, -0.25) is 4.79 Å². The Bertz CT molecular complexity index is 684. The Balaban J connectivity index is 1.66. The third-order valence-corrected chi connectivity index (χ3v) is 4.26. The number of halogens is 2. The third-order valence-electron chi connectivity index (χ3n) is 3.70. The van der Waals surface area contributed by atoms with Crippen LogP contribution >= 0.6 is 23.2 Å². The first-order valence-electron chi connectivity index (χ1n) is 7.11. The minimum Gasteiger partial charge on any atom is -0.339 e. The van der Waals surface area contributed by atoms with Crippen LogP contribution in [0.2, 0.25) is 10.0 Å². The number of nitrogens with one attached hydrogen (secondary N) is 2. The molecule has 0 radical (unpaired) electrons. The van der Waals surface area contributed by atoms with Gasteiger partial charge in [-0.25, -0.2) is 4.98 Å². The van der Waals surface area contributed by atoms with Crippen molar-refractivity contribution in [3.8, 4) is 0 Å². The van der Waals surface area contributed by atoms with Gasteiger partial charge < -0.3 is 10.6 Å². The van der Waals surface area contributed by atoms with Crippen molar-refractivity contribution in [3.63, 3.8) is 0 Å². The number of carbonyl (C=O) groups excluding carboxylic acids is 1. The van der Waals surface area contributed by atoms with Crippen LogP contribution in [0, 0.1) is 5.92 Å². The highest BCUT2D eigenvalue weighted by Crippen LogP contribution is 2.29. The number of hydrogen-bond donors (Lipinski definition) is 2. The molecule has 0 saturated heterocycles. The summed E-state index contributed by atoms with van der Waals surface area (Å²) >= 11 is 12.0. The fourth-order valence-corrected chi connectivity index (χ4v) is 2.52. The number of nitrogens with zero attached hydrogens (tertiary/aromatic N) is 1. The molecule has 1 aliphatic rings. The molecule has 6 heteroatoms. The minimum atomic E-state index is 0.0756. The monoisotopic (exact) mass is 335 g/mol. The lowest BCUT2D eigenvalue weighted by molar-refractivity contribution is -0.122. The molecular formula is C16H15Cl2N3O. The number of anilines is 3. The molecule has 0 spiro atoms. The summed E-state index contributed by atoms with van der Waals surface area (Å²) in [5.41, 5.74) is 1.38. The Kier molecular flexibility index (Phi) is 4.50. The van der Waals surface area contributed by atoms with Gasteiger partial charge in [-0.15, -0.1) is 0 Å². The molecule has 114 valence electrons. The molecular weight excluding hydrogens is 321 g/mol. The van der Waals surface area contributed by atoms with Gasteiger partial charge in [0.1, 0.15) is 5.82 Å². The second-order valence-electron chi connectivity index (χ2n) is 5.30. The molecule has 2 N–H and O–H groups in total. The van der Waals surface area contributed by atoms with E-state index in [1.807, 2.05) is 6.07 Å². The van der Waals surface area contributed by atoms with E-state index in [4.69, 9.17) is 23.2 Å². The number of amides is 1. The van der Waals surface area contributed by atoms with E-state index in [0.29, 0.717) is 27.2 Å². The SMILES string of the molecule is O=C(Nc1ccc(Nc2cc(Cl)ccc2Cl)nc1)C1CCC1. The molecule has 22 heavy (non-hydrogen) atoms. The lowest BCUT2D eigenvalue weighted by Crippen LogP contribution is -2.28. The molecule has 0 unspecified atom stereocenters. The highest BCUT2D eigenvalue weighted by atomic mass is 35.5. The van der Waals surface area contributed by atoms with Crippen LogP contribution in [0.4, 0.5) is 17.2 Å². The highest BCUT2D eigenvalue weighted by molar-refractivity contribution is 6.35. The average Bonchev–Trinajstić information content (AvgIpc) is 2.43. The summed E-state index contributed by atoms with van der Waals surface area (Å²) in [6.07, 6.45) is 4.72. The zero-order valence-electron chi connectivity index (χ0n) is 11.8. The highest BCUT2D eigenvalue weighted by Gasteiger charge is 2.25. The standard InChI is InChI=1S/C16H15Cl2N3O/c17-11-4-6-13(18)14(8-11)21-15-7-5-12(9-19-15)20-16(22)10-2-1-3-10/h4-10H,1-3H2,(H,19,21)(H,20,22). The van der Waals surface area contributed by atoms with Crippen LogP contribution in [0.15, 0.2) is 36.5 Å². The summed E-state index contributed by atoms with van der Waals surface area (Å²) < 4.78 is 0. The topological polar surface area (TPSA) is 54.0 Å². The molecule has 0 atom stereocenters. The number of carbonyl (C=O) groups is 1. The molecule has 1 aromatic heterocycles. The predicted molar refractivity (Wildman–Crippen MR) is 90.0 cm³/mol. The van der Waals surface area contributed by atoms with Crippen molar-refractivity contribution in [1.29, 1.82) is 0 Å². The van der Waals surface area contributed by atoms with Crippen molar-refractivity contribution in [3.05, 3.63) is 46.6 Å². The van der Waals surface area contributed by atoms with Gasteiger partial charge in [-0.2, -0.15) is 0 Å². The molecule has 0 bridgehead atoms. The van der Waals surface area contributed by atoms with Crippen molar-refractivity contribution >= 4 is 46.3 Å². The van der Waals surface area contributed by atoms with Gasteiger partial charge in [0.2, 0.25) is 5.91 Å². The van der Waals surface area contributed by atoms with Crippen molar-refractivity contribution in [2.75, 3.05) is 10.6 Å². The number of benzene rings is 1. The van der Waals surface area contributed by atoms with Crippen molar-refractivity contribution in [2.24, 2.45) is 5.92 Å². The van der Waals surface area contributed by atoms with E-state index in [-0.39, 0.29) is 11.8 Å². The van der Waals surface area contributed by atoms with E-state index in [1.54, 1.807) is 30.5 Å². The van der Waals surface area contributed by atoms with Crippen molar-refractivity contribution in [1.82, 2.24) is 4.98 Å². The lowest BCUT2D eigenvalue weighted by Gasteiger charge is -2.23. The number of aromatic nitrogens is 1. The van der Waals surface area contributed by atoms with E-state index in [0.717, 1.165) is 19.3 Å². The molecule has 1 amide bonds. The maximum Gasteiger partial charge on any atom is 0.227 e. The minimum absolute atomic E-state index is 0.0756. The van der Waals surface area contributed by atoms with Gasteiger partial charge in [-0.05, 0) is 43.2 Å². The summed E-state index contributed by atoms with van der Waals surface area (Å²) in [7, 11) is 0. The first-order valence-corrected chi connectivity index (χ1v) is 7.86. The zero-order valence-corrected chi connectivity index (χ0v) is 13.3. The molecule has 2 aromatic rings. The normalized spacial score (nSPS) is 14.3. The van der Waals surface area contributed by atoms with Gasteiger partial charge in [-0.1, -0.05) is 29.6 Å². The van der Waals surface area contributed by atoms with E-state index in [1.165, 1.54) is 0 Å². The van der Waals surface area contributed by atoms with Gasteiger partial charge >= 0.3 is 0 Å². The van der Waals surface area contributed by atoms with Crippen LogP contribution in [-0.4, -0.2) is 10.9 Å². The quantitative estimate of drug-likeness (QED) is 0.837. The van der Waals surface area contributed by atoms with Crippen LogP contribution in [0.1, 0.15) is 19.3 Å². The first kappa shape index (κ1) is 15.1. The van der Waals surface area contributed by atoms with Gasteiger partial charge in [0, 0.05) is 10.9 Å². The molecule has 1 heterocycles. The summed E-state index contributed by atoms with van der Waals surface area (Å²) in [5, 5.41) is 7.13. The van der Waals surface area contributed by atoms with Gasteiger partial charge in [0.25, 0.3) is 0 Å². The Morgan fingerprint density at radius 2 is 2.00 bits per heavy atom. The molecule has 0 aliphatic heterocycles. The Morgan fingerprint density at radius 1 is 1.18 bits per heavy atom. The summed E-state index contributed by atoms with van der Waals surface area (Å²) in [5.74, 6) is 0.862. The van der Waals surface area contributed by atoms with Gasteiger partial charge in [0.05, 0.1) is 22.6 Å². The number of pyridine rings is 1. The van der Waals surface area contributed by atoms with Crippen molar-refractivity contribution in [2.45, 2.75) is 19.3 Å². The van der Waals surface area contributed by atoms with E-state index < -0.39 is 0 Å². The predicted octanol–water partition coefficient (Wildman–Crippen LogP) is 4.87. The maximum absolute atomic E-state index is 11.9. The molecule has 4 nitrogen and oxygen atoms in total. The second kappa shape index (κ2) is 6.55. The van der Waals surface area contributed by atoms with E-state index in [2.05, 4.69) is 15.6 Å². The fourth-order valence-electron chi connectivity index (χ4n) is 2.19. The lowest BCUT2D eigenvalue weighted by atomic mass is 9.85. The Morgan fingerprint density at radius 3 is 2.64 bits per heavy atom. The molecule has 1 aliphatic carbocycles. The summed E-state index contributed by atoms with van der Waals surface area (Å²) in [6.45, 7) is 0. The number of rotatable bonds is 4. The Labute approximate surface area is 138 Å². The fraction of sp³-hybridized carbons (Fsp3) is 0.250. The van der Waals surface area contributed by atoms with Crippen LogP contribution < -0.4 is 10.6 Å². The van der Waals surface area contributed by atoms with E-state index >= 15 is 0 Å². The van der Waals surface area contributed by atoms with Crippen LogP contribution in [0.25, 0.3) is 0 Å². The van der Waals surface area contributed by atoms with Crippen LogP contribution in [0.3, 0.4) is 0 Å². The first-order chi connectivity index (χ1) is 10.6. The summed E-state index contributed by atoms with van der Waals surface area (Å²) in [4.78, 5) is 16.1. The maximum atomic E-state index is 11.9. The van der Waals surface area contributed by atoms with Crippen molar-refractivity contribution < 1.29 is 4.79 Å². The number of hydrogen-bond acceptors (Lipinski definition) is 3. The van der Waals surface area contributed by atoms with Crippen LogP contribution in [-0.2, 0) is 4.79 Å². The molecule has 1 aromatic carbocycles. The molecule has 1 fully saturated rings. The second-order valence-corrected chi connectivity index (χ2v) is 6.14. The largest absolute Gasteiger partial charge is 0.339 e. The zero-order chi connectivity index (χ0) is 15.5. The average molecular weight is 336 g/mol.